The van der Waals surface area contributed by atoms with Gasteiger partial charge in [0.2, 0.25) is 0 Å². The molecule has 1 rings (SSSR count). The molecule has 0 aliphatic heterocycles. The summed E-state index contributed by atoms with van der Waals surface area (Å²) >= 11 is 0. The SMILES string of the molecule is CCC1CCC(CC)CC1.CCOC(=O)OCC. The van der Waals surface area contributed by atoms with Gasteiger partial charge < -0.3 is 9.47 Å². The zero-order valence-electron chi connectivity index (χ0n) is 12.5. The first-order valence-electron chi connectivity index (χ1n) is 7.47. The molecule has 0 saturated heterocycles. The van der Waals surface area contributed by atoms with Crippen molar-refractivity contribution in [1.29, 1.82) is 0 Å². The molecule has 0 N–H and O–H groups in total. The predicted molar refractivity (Wildman–Crippen MR) is 74.7 cm³/mol. The van der Waals surface area contributed by atoms with Crippen molar-refractivity contribution in [3.63, 3.8) is 0 Å². The van der Waals surface area contributed by atoms with E-state index in [1.165, 1.54) is 38.5 Å². The average molecular weight is 258 g/mol. The molecule has 0 spiro atoms. The molecule has 0 heterocycles. The van der Waals surface area contributed by atoms with E-state index in [1.54, 1.807) is 13.8 Å². The molecule has 1 aliphatic rings. The first kappa shape index (κ1) is 17.3. The summed E-state index contributed by atoms with van der Waals surface area (Å²) in [6.45, 7) is 8.87. The number of hydrogen-bond acceptors (Lipinski definition) is 3. The first-order chi connectivity index (χ1) is 8.67. The van der Waals surface area contributed by atoms with Crippen molar-refractivity contribution in [3.8, 4) is 0 Å². The van der Waals surface area contributed by atoms with Crippen LogP contribution in [0, 0.1) is 11.8 Å². The molecule has 3 nitrogen and oxygen atoms in total. The molecule has 0 amide bonds. The molecule has 0 radical (unpaired) electrons. The Balaban J connectivity index is 0.000000331. The van der Waals surface area contributed by atoms with Gasteiger partial charge in [-0.25, -0.2) is 4.79 Å². The highest BCUT2D eigenvalue weighted by Crippen LogP contribution is 2.31. The van der Waals surface area contributed by atoms with E-state index in [9.17, 15) is 4.79 Å². The number of carbonyl (C=O) groups is 1. The quantitative estimate of drug-likeness (QED) is 0.680. The molecule has 0 unspecified atom stereocenters. The van der Waals surface area contributed by atoms with Gasteiger partial charge in [-0.3, -0.25) is 0 Å². The third-order valence-corrected chi connectivity index (χ3v) is 3.65. The Bertz CT molecular complexity index is 176. The lowest BCUT2D eigenvalue weighted by molar-refractivity contribution is 0.0630. The average Bonchev–Trinajstić information content (AvgIpc) is 2.40. The zero-order chi connectivity index (χ0) is 13.8. The normalized spacial score (nSPS) is 22.7. The Hall–Kier alpha value is -0.730. The summed E-state index contributed by atoms with van der Waals surface area (Å²) in [5.74, 6) is 2.14. The van der Waals surface area contributed by atoms with E-state index < -0.39 is 6.16 Å². The second-order valence-electron chi connectivity index (χ2n) is 4.82. The van der Waals surface area contributed by atoms with Crippen LogP contribution in [0.5, 0.6) is 0 Å². The predicted octanol–water partition coefficient (Wildman–Crippen LogP) is 4.79. The molecule has 1 aliphatic carbocycles. The van der Waals surface area contributed by atoms with Gasteiger partial charge in [-0.1, -0.05) is 52.4 Å². The lowest BCUT2D eigenvalue weighted by Crippen LogP contribution is -2.12. The molecule has 1 saturated carbocycles. The standard InChI is InChI=1S/C10H20.C5H10O3/c1-3-9-5-7-10(4-2)8-6-9;1-3-7-5(6)8-4-2/h9-10H,3-8H2,1-2H3;3-4H2,1-2H3. The second kappa shape index (κ2) is 11.4. The van der Waals surface area contributed by atoms with Crippen molar-refractivity contribution in [1.82, 2.24) is 0 Å². The molecule has 0 aromatic rings. The summed E-state index contributed by atoms with van der Waals surface area (Å²) in [6, 6.07) is 0. The van der Waals surface area contributed by atoms with E-state index in [2.05, 4.69) is 23.3 Å². The maximum Gasteiger partial charge on any atom is 0.508 e. The highest BCUT2D eigenvalue weighted by atomic mass is 16.7. The topological polar surface area (TPSA) is 35.5 Å². The maximum absolute atomic E-state index is 10.2. The molecule has 0 bridgehead atoms. The fourth-order valence-electron chi connectivity index (χ4n) is 2.33. The number of carbonyl (C=O) groups excluding carboxylic acids is 1. The van der Waals surface area contributed by atoms with E-state index >= 15 is 0 Å². The highest BCUT2D eigenvalue weighted by molar-refractivity contribution is 5.59. The number of ether oxygens (including phenoxy) is 2. The van der Waals surface area contributed by atoms with Gasteiger partial charge in [-0.15, -0.1) is 0 Å². The molecule has 108 valence electrons. The number of hydrogen-bond donors (Lipinski definition) is 0. The Morgan fingerprint density at radius 2 is 1.17 bits per heavy atom. The molecular formula is C15H30O3. The third kappa shape index (κ3) is 8.37. The van der Waals surface area contributed by atoms with Gasteiger partial charge in [-0.05, 0) is 25.7 Å². The van der Waals surface area contributed by atoms with Gasteiger partial charge in [0, 0.05) is 0 Å². The number of rotatable bonds is 4. The van der Waals surface area contributed by atoms with Crippen molar-refractivity contribution in [2.75, 3.05) is 13.2 Å². The molecule has 3 heteroatoms. The Morgan fingerprint density at radius 1 is 0.833 bits per heavy atom. The minimum Gasteiger partial charge on any atom is -0.435 e. The van der Waals surface area contributed by atoms with Crippen LogP contribution >= 0.6 is 0 Å². The summed E-state index contributed by atoms with van der Waals surface area (Å²) in [6.07, 6.45) is 8.27. The fraction of sp³-hybridized carbons (Fsp3) is 0.933. The molecule has 18 heavy (non-hydrogen) atoms. The van der Waals surface area contributed by atoms with Crippen LogP contribution in [0.25, 0.3) is 0 Å². The Labute approximate surface area is 112 Å². The van der Waals surface area contributed by atoms with Crippen LogP contribution in [0.1, 0.15) is 66.2 Å². The summed E-state index contributed by atoms with van der Waals surface area (Å²) in [7, 11) is 0. The van der Waals surface area contributed by atoms with Crippen LogP contribution in [0.15, 0.2) is 0 Å². The molecule has 0 aromatic carbocycles. The van der Waals surface area contributed by atoms with Gasteiger partial charge in [0.25, 0.3) is 0 Å². The van der Waals surface area contributed by atoms with Gasteiger partial charge in [0.05, 0.1) is 13.2 Å². The van der Waals surface area contributed by atoms with E-state index in [1.807, 2.05) is 0 Å². The van der Waals surface area contributed by atoms with Gasteiger partial charge >= 0.3 is 6.16 Å². The van der Waals surface area contributed by atoms with E-state index in [4.69, 9.17) is 0 Å². The van der Waals surface area contributed by atoms with Crippen LogP contribution in [-0.2, 0) is 9.47 Å². The van der Waals surface area contributed by atoms with Crippen molar-refractivity contribution in [3.05, 3.63) is 0 Å². The van der Waals surface area contributed by atoms with Crippen LogP contribution < -0.4 is 0 Å². The summed E-state index contributed by atoms with van der Waals surface area (Å²) in [5.41, 5.74) is 0. The fourth-order valence-corrected chi connectivity index (χ4v) is 2.33. The molecule has 1 fully saturated rings. The summed E-state index contributed by atoms with van der Waals surface area (Å²) in [5, 5.41) is 0. The maximum atomic E-state index is 10.2. The Morgan fingerprint density at radius 3 is 1.39 bits per heavy atom. The van der Waals surface area contributed by atoms with Crippen LogP contribution in [0.2, 0.25) is 0 Å². The largest absolute Gasteiger partial charge is 0.508 e. The third-order valence-electron chi connectivity index (χ3n) is 3.65. The van der Waals surface area contributed by atoms with E-state index in [0.717, 1.165) is 11.8 Å². The van der Waals surface area contributed by atoms with E-state index in [0.29, 0.717) is 13.2 Å². The van der Waals surface area contributed by atoms with Crippen LogP contribution in [-0.4, -0.2) is 19.4 Å². The molecular weight excluding hydrogens is 228 g/mol. The summed E-state index contributed by atoms with van der Waals surface area (Å²) in [4.78, 5) is 10.2. The van der Waals surface area contributed by atoms with E-state index in [-0.39, 0.29) is 0 Å². The molecule has 0 atom stereocenters. The molecule has 0 aromatic heterocycles. The first-order valence-corrected chi connectivity index (χ1v) is 7.47. The van der Waals surface area contributed by atoms with Crippen molar-refractivity contribution < 1.29 is 14.3 Å². The van der Waals surface area contributed by atoms with Gasteiger partial charge in [-0.2, -0.15) is 0 Å². The smallest absolute Gasteiger partial charge is 0.435 e. The van der Waals surface area contributed by atoms with Crippen LogP contribution in [0.4, 0.5) is 4.79 Å². The van der Waals surface area contributed by atoms with Crippen LogP contribution in [0.3, 0.4) is 0 Å². The van der Waals surface area contributed by atoms with Gasteiger partial charge in [0.1, 0.15) is 0 Å². The summed E-state index contributed by atoms with van der Waals surface area (Å²) < 4.78 is 8.84. The lowest BCUT2D eigenvalue weighted by Gasteiger charge is -2.26. The van der Waals surface area contributed by atoms with Crippen molar-refractivity contribution in [2.24, 2.45) is 11.8 Å². The van der Waals surface area contributed by atoms with Gasteiger partial charge in [0.15, 0.2) is 0 Å². The minimum atomic E-state index is -0.588. The minimum absolute atomic E-state index is 0.374. The van der Waals surface area contributed by atoms with Crippen molar-refractivity contribution in [2.45, 2.75) is 66.2 Å². The highest BCUT2D eigenvalue weighted by Gasteiger charge is 2.17. The zero-order valence-corrected chi connectivity index (χ0v) is 12.5. The van der Waals surface area contributed by atoms with Crippen molar-refractivity contribution >= 4 is 6.16 Å². The lowest BCUT2D eigenvalue weighted by atomic mass is 9.80. The Kier molecular flexibility index (Phi) is 10.9. The monoisotopic (exact) mass is 258 g/mol. The second-order valence-corrected chi connectivity index (χ2v) is 4.82.